The Morgan fingerprint density at radius 1 is 1.42 bits per heavy atom. The molecular weight excluding hydrogens is 251 g/mol. The second-order valence-electron chi connectivity index (χ2n) is 4.79. The molecule has 2 rings (SSSR count). The van der Waals surface area contributed by atoms with Crippen LogP contribution in [0.4, 0.5) is 4.39 Å². The van der Waals surface area contributed by atoms with Gasteiger partial charge in [-0.25, -0.2) is 4.39 Å². The average Bonchev–Trinajstić information content (AvgIpc) is 2.31. The van der Waals surface area contributed by atoms with Gasteiger partial charge in [0.15, 0.2) is 11.6 Å². The van der Waals surface area contributed by atoms with Crippen LogP contribution in [0, 0.1) is 5.82 Å². The predicted molar refractivity (Wildman–Crippen MR) is 66.8 cm³/mol. The van der Waals surface area contributed by atoms with Crippen LogP contribution in [0.3, 0.4) is 0 Å². The number of halogens is 1. The molecule has 0 radical (unpaired) electrons. The van der Waals surface area contributed by atoms with Gasteiger partial charge >= 0.3 is 5.97 Å². The van der Waals surface area contributed by atoms with Gasteiger partial charge in [-0.2, -0.15) is 0 Å². The first kappa shape index (κ1) is 13.8. The van der Waals surface area contributed by atoms with Gasteiger partial charge in [0, 0.05) is 18.2 Å². The number of carbonyl (C=O) groups is 1. The smallest absolute Gasteiger partial charge is 0.314 e. The standard InChI is InChI=1S/C14H17FO4/c1-18-8-9-4-5-10(12(19-2)11(9)15)14(13(16)17)6-3-7-14/h4-5H,3,6-8H2,1-2H3,(H,16,17). The fourth-order valence-electron chi connectivity index (χ4n) is 2.57. The number of benzene rings is 1. The summed E-state index contributed by atoms with van der Waals surface area (Å²) >= 11 is 0. The summed E-state index contributed by atoms with van der Waals surface area (Å²) in [6.07, 6.45) is 1.86. The number of carboxylic acids is 1. The van der Waals surface area contributed by atoms with Gasteiger partial charge in [-0.15, -0.1) is 0 Å². The lowest BCUT2D eigenvalue weighted by Crippen LogP contribution is -2.42. The first-order chi connectivity index (χ1) is 9.06. The van der Waals surface area contributed by atoms with Crippen molar-refractivity contribution in [1.29, 1.82) is 0 Å². The van der Waals surface area contributed by atoms with Crippen LogP contribution in [0.2, 0.25) is 0 Å². The SMILES string of the molecule is COCc1ccc(C2(C(=O)O)CCC2)c(OC)c1F. The molecular formula is C14H17FO4. The van der Waals surface area contributed by atoms with E-state index in [-0.39, 0.29) is 12.4 Å². The number of methoxy groups -OCH3 is 2. The van der Waals surface area contributed by atoms with E-state index in [2.05, 4.69) is 0 Å². The van der Waals surface area contributed by atoms with Crippen LogP contribution in [0.1, 0.15) is 30.4 Å². The molecule has 19 heavy (non-hydrogen) atoms. The Labute approximate surface area is 111 Å². The zero-order valence-electron chi connectivity index (χ0n) is 11.0. The first-order valence-corrected chi connectivity index (χ1v) is 6.15. The van der Waals surface area contributed by atoms with E-state index in [4.69, 9.17) is 9.47 Å². The van der Waals surface area contributed by atoms with E-state index < -0.39 is 17.2 Å². The van der Waals surface area contributed by atoms with Crippen molar-refractivity contribution in [2.24, 2.45) is 0 Å². The molecule has 0 heterocycles. The van der Waals surface area contributed by atoms with Crippen molar-refractivity contribution in [2.45, 2.75) is 31.3 Å². The molecule has 104 valence electrons. The van der Waals surface area contributed by atoms with Crippen LogP contribution in [-0.2, 0) is 21.6 Å². The molecule has 4 nitrogen and oxygen atoms in total. The number of rotatable bonds is 5. The van der Waals surface area contributed by atoms with Gasteiger partial charge in [-0.3, -0.25) is 4.79 Å². The molecule has 0 unspecified atom stereocenters. The molecule has 1 aromatic carbocycles. The van der Waals surface area contributed by atoms with E-state index in [1.54, 1.807) is 12.1 Å². The normalized spacial score (nSPS) is 16.8. The number of ether oxygens (including phenoxy) is 2. The molecule has 0 spiro atoms. The molecule has 1 N–H and O–H groups in total. The van der Waals surface area contributed by atoms with Gasteiger partial charge in [0.1, 0.15) is 0 Å². The summed E-state index contributed by atoms with van der Waals surface area (Å²) < 4.78 is 24.3. The van der Waals surface area contributed by atoms with Gasteiger partial charge in [0.2, 0.25) is 0 Å². The third kappa shape index (κ3) is 2.08. The van der Waals surface area contributed by atoms with Crippen molar-refractivity contribution in [1.82, 2.24) is 0 Å². The second kappa shape index (κ2) is 5.17. The fourth-order valence-corrected chi connectivity index (χ4v) is 2.57. The molecule has 1 saturated carbocycles. The van der Waals surface area contributed by atoms with Crippen molar-refractivity contribution in [3.05, 3.63) is 29.1 Å². The molecule has 1 aliphatic carbocycles. The van der Waals surface area contributed by atoms with Crippen LogP contribution in [0.15, 0.2) is 12.1 Å². The van der Waals surface area contributed by atoms with Gasteiger partial charge < -0.3 is 14.6 Å². The molecule has 1 aliphatic rings. The van der Waals surface area contributed by atoms with Crippen LogP contribution >= 0.6 is 0 Å². The van der Waals surface area contributed by atoms with E-state index >= 15 is 0 Å². The van der Waals surface area contributed by atoms with Crippen LogP contribution in [-0.4, -0.2) is 25.3 Å². The lowest BCUT2D eigenvalue weighted by atomic mass is 9.64. The van der Waals surface area contributed by atoms with Crippen molar-refractivity contribution in [2.75, 3.05) is 14.2 Å². The van der Waals surface area contributed by atoms with E-state index in [9.17, 15) is 14.3 Å². The molecule has 1 aromatic rings. The Hall–Kier alpha value is -1.62. The Morgan fingerprint density at radius 2 is 2.11 bits per heavy atom. The van der Waals surface area contributed by atoms with E-state index in [0.717, 1.165) is 6.42 Å². The maximum atomic E-state index is 14.3. The van der Waals surface area contributed by atoms with Crippen molar-refractivity contribution in [3.63, 3.8) is 0 Å². The van der Waals surface area contributed by atoms with Gasteiger partial charge in [-0.1, -0.05) is 18.6 Å². The summed E-state index contributed by atoms with van der Waals surface area (Å²) in [6.45, 7) is 0.128. The predicted octanol–water partition coefficient (Wildman–Crippen LogP) is 2.49. The zero-order chi connectivity index (χ0) is 14.0. The van der Waals surface area contributed by atoms with Crippen molar-refractivity contribution < 1.29 is 23.8 Å². The lowest BCUT2D eigenvalue weighted by molar-refractivity contribution is -0.147. The minimum Gasteiger partial charge on any atom is -0.493 e. The van der Waals surface area contributed by atoms with Gasteiger partial charge in [0.25, 0.3) is 0 Å². The van der Waals surface area contributed by atoms with Crippen LogP contribution < -0.4 is 4.74 Å². The van der Waals surface area contributed by atoms with Gasteiger partial charge in [0.05, 0.1) is 19.1 Å². The Balaban J connectivity index is 2.52. The summed E-state index contributed by atoms with van der Waals surface area (Å²) in [5, 5.41) is 9.42. The molecule has 5 heteroatoms. The fraction of sp³-hybridized carbons (Fsp3) is 0.500. The molecule has 1 fully saturated rings. The first-order valence-electron chi connectivity index (χ1n) is 6.15. The molecule has 0 aliphatic heterocycles. The largest absolute Gasteiger partial charge is 0.493 e. The minimum absolute atomic E-state index is 0.0247. The highest BCUT2D eigenvalue weighted by Crippen LogP contribution is 2.48. The third-order valence-electron chi connectivity index (χ3n) is 3.81. The minimum atomic E-state index is -1.00. The number of hydrogen-bond donors (Lipinski definition) is 1. The molecule has 0 bridgehead atoms. The number of carboxylic acid groups (broad SMARTS) is 1. The summed E-state index contributed by atoms with van der Waals surface area (Å²) in [6, 6.07) is 3.21. The summed E-state index contributed by atoms with van der Waals surface area (Å²) in [5.41, 5.74) is -0.216. The molecule has 0 atom stereocenters. The highest BCUT2D eigenvalue weighted by Gasteiger charge is 2.48. The summed E-state index contributed by atoms with van der Waals surface area (Å²) in [5.74, 6) is -1.43. The maximum Gasteiger partial charge on any atom is 0.314 e. The molecule has 0 saturated heterocycles. The van der Waals surface area contributed by atoms with E-state index in [0.29, 0.717) is 24.0 Å². The Morgan fingerprint density at radius 3 is 2.53 bits per heavy atom. The highest BCUT2D eigenvalue weighted by atomic mass is 19.1. The quantitative estimate of drug-likeness (QED) is 0.891. The lowest BCUT2D eigenvalue weighted by Gasteiger charge is -2.39. The molecule has 0 aromatic heterocycles. The summed E-state index contributed by atoms with van der Waals surface area (Å²) in [4.78, 5) is 11.5. The Kier molecular flexibility index (Phi) is 3.75. The average molecular weight is 268 g/mol. The zero-order valence-corrected chi connectivity index (χ0v) is 11.0. The highest BCUT2D eigenvalue weighted by molar-refractivity contribution is 5.83. The van der Waals surface area contributed by atoms with Crippen LogP contribution in [0.5, 0.6) is 5.75 Å². The monoisotopic (exact) mass is 268 g/mol. The Bertz CT molecular complexity index is 494. The van der Waals surface area contributed by atoms with Gasteiger partial charge in [-0.05, 0) is 12.8 Å². The number of aliphatic carboxylic acids is 1. The molecule has 0 amide bonds. The van der Waals surface area contributed by atoms with Crippen molar-refractivity contribution in [3.8, 4) is 5.75 Å². The van der Waals surface area contributed by atoms with E-state index in [1.165, 1.54) is 14.2 Å². The second-order valence-corrected chi connectivity index (χ2v) is 4.79. The maximum absolute atomic E-state index is 14.3. The summed E-state index contributed by atoms with van der Waals surface area (Å²) in [7, 11) is 2.83. The third-order valence-corrected chi connectivity index (χ3v) is 3.81. The van der Waals surface area contributed by atoms with E-state index in [1.807, 2.05) is 0 Å². The topological polar surface area (TPSA) is 55.8 Å². The van der Waals surface area contributed by atoms with Crippen molar-refractivity contribution >= 4 is 5.97 Å². The van der Waals surface area contributed by atoms with Crippen LogP contribution in [0.25, 0.3) is 0 Å². The number of hydrogen-bond acceptors (Lipinski definition) is 3.